The van der Waals surface area contributed by atoms with Gasteiger partial charge in [0.05, 0.1) is 4.90 Å². The van der Waals surface area contributed by atoms with Crippen molar-refractivity contribution < 1.29 is 8.42 Å². The molecule has 26 heavy (non-hydrogen) atoms. The molecule has 1 N–H and O–H groups in total. The number of anilines is 1. The Bertz CT molecular complexity index is 879. The molecule has 0 atom stereocenters. The van der Waals surface area contributed by atoms with Crippen molar-refractivity contribution in [2.45, 2.75) is 44.4 Å². The number of sulfonamides is 1. The predicted molar refractivity (Wildman–Crippen MR) is 103 cm³/mol. The number of benzene rings is 1. The zero-order valence-electron chi connectivity index (χ0n) is 15.6. The van der Waals surface area contributed by atoms with Gasteiger partial charge in [0, 0.05) is 31.4 Å². The van der Waals surface area contributed by atoms with Gasteiger partial charge in [0.1, 0.15) is 11.6 Å². The number of aromatic nitrogens is 2. The van der Waals surface area contributed by atoms with Gasteiger partial charge in [-0.2, -0.15) is 0 Å². The predicted octanol–water partition coefficient (Wildman–Crippen LogP) is 2.39. The Morgan fingerprint density at radius 2 is 1.77 bits per heavy atom. The zero-order valence-corrected chi connectivity index (χ0v) is 16.4. The summed E-state index contributed by atoms with van der Waals surface area (Å²) in [4.78, 5) is 11.5. The first-order valence-electron chi connectivity index (χ1n) is 9.01. The van der Waals surface area contributed by atoms with E-state index in [2.05, 4.69) is 14.7 Å². The SMILES string of the molecule is Cc1ccc(S(=O)(=O)NCCN(C)c2nc(C)nc3c2CCCC3)cc1. The summed E-state index contributed by atoms with van der Waals surface area (Å²) in [6, 6.07) is 6.87. The Morgan fingerprint density at radius 3 is 2.50 bits per heavy atom. The third-order valence-corrected chi connectivity index (χ3v) is 6.18. The maximum Gasteiger partial charge on any atom is 0.240 e. The molecule has 0 aliphatic heterocycles. The van der Waals surface area contributed by atoms with Gasteiger partial charge in [-0.05, 0) is 51.7 Å². The molecule has 0 fully saturated rings. The summed E-state index contributed by atoms with van der Waals surface area (Å²) in [5.74, 6) is 1.70. The van der Waals surface area contributed by atoms with Crippen LogP contribution in [0.4, 0.5) is 5.82 Å². The number of aryl methyl sites for hydroxylation is 3. The molecular weight excluding hydrogens is 348 g/mol. The number of hydrogen-bond donors (Lipinski definition) is 1. The zero-order chi connectivity index (χ0) is 18.7. The van der Waals surface area contributed by atoms with Crippen molar-refractivity contribution in [3.63, 3.8) is 0 Å². The summed E-state index contributed by atoms with van der Waals surface area (Å²) in [7, 11) is -1.53. The number of hydrogen-bond acceptors (Lipinski definition) is 5. The van der Waals surface area contributed by atoms with Crippen molar-refractivity contribution in [2.24, 2.45) is 0 Å². The summed E-state index contributed by atoms with van der Waals surface area (Å²) in [5, 5.41) is 0. The Kier molecular flexibility index (Phi) is 5.58. The smallest absolute Gasteiger partial charge is 0.240 e. The van der Waals surface area contributed by atoms with Crippen LogP contribution in [-0.4, -0.2) is 38.5 Å². The first kappa shape index (κ1) is 18.8. The largest absolute Gasteiger partial charge is 0.358 e. The van der Waals surface area contributed by atoms with Crippen molar-refractivity contribution in [3.05, 3.63) is 46.9 Å². The summed E-state index contributed by atoms with van der Waals surface area (Å²) in [6.45, 7) is 4.72. The van der Waals surface area contributed by atoms with Gasteiger partial charge >= 0.3 is 0 Å². The van der Waals surface area contributed by atoms with Crippen LogP contribution in [0.5, 0.6) is 0 Å². The minimum absolute atomic E-state index is 0.293. The minimum atomic E-state index is -3.49. The highest BCUT2D eigenvalue weighted by molar-refractivity contribution is 7.89. The molecule has 6 nitrogen and oxygen atoms in total. The van der Waals surface area contributed by atoms with Crippen molar-refractivity contribution >= 4 is 15.8 Å². The van der Waals surface area contributed by atoms with E-state index in [1.54, 1.807) is 24.3 Å². The topological polar surface area (TPSA) is 75.2 Å². The second-order valence-corrected chi connectivity index (χ2v) is 8.63. The van der Waals surface area contributed by atoms with Crippen molar-refractivity contribution in [3.8, 4) is 0 Å². The van der Waals surface area contributed by atoms with Crippen LogP contribution in [0.1, 0.15) is 35.5 Å². The van der Waals surface area contributed by atoms with Gasteiger partial charge in [-0.15, -0.1) is 0 Å². The van der Waals surface area contributed by atoms with E-state index in [1.165, 1.54) is 12.0 Å². The summed E-state index contributed by atoms with van der Waals surface area (Å²) in [6.07, 6.45) is 4.31. The van der Waals surface area contributed by atoms with Crippen molar-refractivity contribution in [1.82, 2.24) is 14.7 Å². The molecule has 0 radical (unpaired) electrons. The van der Waals surface area contributed by atoms with E-state index >= 15 is 0 Å². The molecule has 1 aliphatic carbocycles. The van der Waals surface area contributed by atoms with Crippen LogP contribution in [0.2, 0.25) is 0 Å². The van der Waals surface area contributed by atoms with Crippen molar-refractivity contribution in [2.75, 3.05) is 25.0 Å². The fourth-order valence-corrected chi connectivity index (χ4v) is 4.29. The van der Waals surface area contributed by atoms with Crippen LogP contribution in [-0.2, 0) is 22.9 Å². The van der Waals surface area contributed by atoms with E-state index < -0.39 is 10.0 Å². The van der Waals surface area contributed by atoms with E-state index in [1.807, 2.05) is 25.8 Å². The molecule has 1 aliphatic rings. The average molecular weight is 375 g/mol. The van der Waals surface area contributed by atoms with Gasteiger partial charge < -0.3 is 4.90 Å². The molecule has 1 heterocycles. The number of fused-ring (bicyclic) bond motifs is 1. The third-order valence-electron chi connectivity index (χ3n) is 4.71. The lowest BCUT2D eigenvalue weighted by atomic mass is 9.96. The number of nitrogens with one attached hydrogen (secondary N) is 1. The second-order valence-electron chi connectivity index (χ2n) is 6.86. The fourth-order valence-electron chi connectivity index (χ4n) is 3.26. The van der Waals surface area contributed by atoms with Gasteiger partial charge in [-0.1, -0.05) is 17.7 Å². The number of rotatable bonds is 6. The van der Waals surface area contributed by atoms with E-state index in [4.69, 9.17) is 0 Å². The molecule has 0 amide bonds. The average Bonchev–Trinajstić information content (AvgIpc) is 2.61. The Hall–Kier alpha value is -1.99. The lowest BCUT2D eigenvalue weighted by molar-refractivity contribution is 0.581. The number of nitrogens with zero attached hydrogens (tertiary/aromatic N) is 3. The molecule has 0 spiro atoms. The summed E-state index contributed by atoms with van der Waals surface area (Å²) >= 11 is 0. The second kappa shape index (κ2) is 7.72. The van der Waals surface area contributed by atoms with E-state index in [-0.39, 0.29) is 0 Å². The summed E-state index contributed by atoms with van der Waals surface area (Å²) in [5.41, 5.74) is 3.39. The molecule has 2 aromatic rings. The molecule has 0 saturated carbocycles. The molecule has 1 aromatic carbocycles. The lowest BCUT2D eigenvalue weighted by Crippen LogP contribution is -2.34. The molecule has 0 bridgehead atoms. The number of likely N-dealkylation sites (N-methyl/N-ethyl adjacent to an activating group) is 1. The van der Waals surface area contributed by atoms with Crippen LogP contribution in [0.3, 0.4) is 0 Å². The normalized spacial score (nSPS) is 14.1. The summed E-state index contributed by atoms with van der Waals surface area (Å²) < 4.78 is 27.5. The van der Waals surface area contributed by atoms with Gasteiger partial charge in [-0.25, -0.2) is 23.1 Å². The molecule has 7 heteroatoms. The van der Waals surface area contributed by atoms with Gasteiger partial charge in [0.25, 0.3) is 0 Å². The molecule has 0 saturated heterocycles. The lowest BCUT2D eigenvalue weighted by Gasteiger charge is -2.25. The first-order valence-corrected chi connectivity index (χ1v) is 10.5. The molecule has 0 unspecified atom stereocenters. The standard InChI is InChI=1S/C19H26N4O2S/c1-14-8-10-16(11-9-14)26(24,25)20-12-13-23(3)19-17-6-4-5-7-18(17)21-15(2)22-19/h8-11,20H,4-7,12-13H2,1-3H3. The van der Waals surface area contributed by atoms with Gasteiger partial charge in [0.2, 0.25) is 10.0 Å². The van der Waals surface area contributed by atoms with Gasteiger partial charge in [0.15, 0.2) is 0 Å². The monoisotopic (exact) mass is 374 g/mol. The van der Waals surface area contributed by atoms with Crippen LogP contribution >= 0.6 is 0 Å². The highest BCUT2D eigenvalue weighted by atomic mass is 32.2. The fraction of sp³-hybridized carbons (Fsp3) is 0.474. The minimum Gasteiger partial charge on any atom is -0.358 e. The van der Waals surface area contributed by atoms with Crippen LogP contribution in [0, 0.1) is 13.8 Å². The van der Waals surface area contributed by atoms with Crippen molar-refractivity contribution in [1.29, 1.82) is 0 Å². The maximum atomic E-state index is 12.4. The maximum absolute atomic E-state index is 12.4. The Labute approximate surface area is 155 Å². The quantitative estimate of drug-likeness (QED) is 0.840. The van der Waals surface area contributed by atoms with E-state index in [0.29, 0.717) is 18.0 Å². The first-order chi connectivity index (χ1) is 12.4. The van der Waals surface area contributed by atoms with Gasteiger partial charge in [-0.3, -0.25) is 0 Å². The van der Waals surface area contributed by atoms with Crippen LogP contribution in [0.25, 0.3) is 0 Å². The highest BCUT2D eigenvalue weighted by Gasteiger charge is 2.20. The Morgan fingerprint density at radius 1 is 1.08 bits per heavy atom. The molecular formula is C19H26N4O2S. The Balaban J connectivity index is 1.67. The van der Waals surface area contributed by atoms with Crippen LogP contribution < -0.4 is 9.62 Å². The van der Waals surface area contributed by atoms with E-state index in [9.17, 15) is 8.42 Å². The van der Waals surface area contributed by atoms with E-state index in [0.717, 1.165) is 42.2 Å². The molecule has 3 rings (SSSR count). The third kappa shape index (κ3) is 4.22. The van der Waals surface area contributed by atoms with Crippen LogP contribution in [0.15, 0.2) is 29.2 Å². The molecule has 140 valence electrons. The molecule has 1 aromatic heterocycles. The highest BCUT2D eigenvalue weighted by Crippen LogP contribution is 2.27.